The molecule has 1 aliphatic heterocycles. The van der Waals surface area contributed by atoms with E-state index in [1.54, 1.807) is 35.6 Å². The Labute approximate surface area is 272 Å². The molecule has 1 saturated heterocycles. The summed E-state index contributed by atoms with van der Waals surface area (Å²) in [4.78, 5) is 37.8. The third-order valence-corrected chi connectivity index (χ3v) is 9.33. The van der Waals surface area contributed by atoms with Gasteiger partial charge in [0.1, 0.15) is 17.2 Å². The molecule has 0 radical (unpaired) electrons. The van der Waals surface area contributed by atoms with Crippen molar-refractivity contribution in [1.82, 2.24) is 24.8 Å². The van der Waals surface area contributed by atoms with Crippen LogP contribution in [-0.4, -0.2) is 62.1 Å². The van der Waals surface area contributed by atoms with Gasteiger partial charge >= 0.3 is 0 Å². The predicted octanol–water partition coefficient (Wildman–Crippen LogP) is 6.46. The fourth-order valence-electron chi connectivity index (χ4n) is 5.31. The van der Waals surface area contributed by atoms with Crippen molar-refractivity contribution in [2.24, 2.45) is 5.41 Å². The van der Waals surface area contributed by atoms with Crippen LogP contribution in [0.25, 0.3) is 11.2 Å². The highest BCUT2D eigenvalue weighted by Gasteiger charge is 2.33. The van der Waals surface area contributed by atoms with Crippen LogP contribution in [0.2, 0.25) is 0 Å². The van der Waals surface area contributed by atoms with E-state index in [1.165, 1.54) is 12.1 Å². The lowest BCUT2D eigenvalue weighted by Gasteiger charge is -2.28. The van der Waals surface area contributed by atoms with Crippen LogP contribution >= 0.6 is 11.3 Å². The van der Waals surface area contributed by atoms with Gasteiger partial charge in [0.25, 0.3) is 18.2 Å². The van der Waals surface area contributed by atoms with E-state index in [-0.39, 0.29) is 51.2 Å². The summed E-state index contributed by atoms with van der Waals surface area (Å²) in [6, 6.07) is 6.48. The number of pyridine rings is 1. The number of hydrogen-bond acceptors (Lipinski definition) is 8. The maximum Gasteiger partial charge on any atom is 0.272 e. The minimum Gasteiger partial charge on any atom is -0.372 e. The highest BCUT2D eigenvalue weighted by Crippen LogP contribution is 2.30. The number of alkyl halides is 2. The average Bonchev–Trinajstić information content (AvgIpc) is 3.73. The molecular weight excluding hydrogens is 612 g/mol. The van der Waals surface area contributed by atoms with Gasteiger partial charge in [0.2, 0.25) is 5.95 Å². The van der Waals surface area contributed by atoms with Crippen LogP contribution in [-0.2, 0) is 22.6 Å². The molecule has 3 aromatic rings. The number of thiophene rings is 1. The van der Waals surface area contributed by atoms with E-state index < -0.39 is 17.9 Å². The molecule has 46 heavy (non-hydrogen) atoms. The first-order chi connectivity index (χ1) is 21.6. The van der Waals surface area contributed by atoms with Gasteiger partial charge in [0.05, 0.1) is 21.4 Å². The number of nitrogens with one attached hydrogen (secondary N) is 2. The summed E-state index contributed by atoms with van der Waals surface area (Å²) >= 11 is 0.722. The maximum atomic E-state index is 13.6. The maximum absolute atomic E-state index is 13.6. The Morgan fingerprint density at radius 2 is 2.00 bits per heavy atom. The number of aromatic nitrogens is 3. The number of hydrogen-bond donors (Lipinski definition) is 2. The molecule has 2 amide bonds. The van der Waals surface area contributed by atoms with Crippen molar-refractivity contribution in [3.8, 4) is 6.07 Å². The second-order valence-electron chi connectivity index (χ2n) is 13.2. The van der Waals surface area contributed by atoms with Gasteiger partial charge in [0.15, 0.2) is 5.65 Å². The van der Waals surface area contributed by atoms with Gasteiger partial charge in [0, 0.05) is 38.5 Å². The lowest BCUT2D eigenvalue weighted by Crippen LogP contribution is -2.39. The third-order valence-electron chi connectivity index (χ3n) is 8.23. The highest BCUT2D eigenvalue weighted by atomic mass is 32.1. The van der Waals surface area contributed by atoms with E-state index in [2.05, 4.69) is 38.3 Å². The van der Waals surface area contributed by atoms with Crippen molar-refractivity contribution in [3.05, 3.63) is 51.4 Å². The second-order valence-corrected chi connectivity index (χ2v) is 14.3. The largest absolute Gasteiger partial charge is 0.372 e. The van der Waals surface area contributed by atoms with E-state index in [0.717, 1.165) is 23.3 Å². The van der Waals surface area contributed by atoms with Gasteiger partial charge < -0.3 is 15.0 Å². The molecule has 1 fully saturated rings. The average molecular weight is 656 g/mol. The molecule has 1 aliphatic rings. The van der Waals surface area contributed by atoms with Crippen molar-refractivity contribution in [3.63, 3.8) is 0 Å². The number of carbonyl (C=O) groups is 2. The van der Waals surface area contributed by atoms with E-state index in [9.17, 15) is 23.6 Å². The molecule has 2 unspecified atom stereocenters. The quantitative estimate of drug-likeness (QED) is 0.169. The zero-order valence-electron chi connectivity index (χ0n) is 27.5. The van der Waals surface area contributed by atoms with Crippen LogP contribution in [0.1, 0.15) is 87.8 Å². The van der Waals surface area contributed by atoms with Crippen LogP contribution < -0.4 is 10.6 Å². The number of rotatable bonds is 12. The molecule has 3 aromatic heterocycles. The molecule has 0 bridgehead atoms. The number of imidazole rings is 1. The van der Waals surface area contributed by atoms with Gasteiger partial charge in [-0.05, 0) is 75.8 Å². The first kappa shape index (κ1) is 35.1. The van der Waals surface area contributed by atoms with Gasteiger partial charge in [-0.15, -0.1) is 11.3 Å². The van der Waals surface area contributed by atoms with Crippen molar-refractivity contribution in [2.75, 3.05) is 18.5 Å². The number of anilines is 1. The number of amides is 2. The lowest BCUT2D eigenvalue weighted by molar-refractivity contribution is -0.127. The summed E-state index contributed by atoms with van der Waals surface area (Å²) < 4.78 is 33.9. The number of fused-ring (bicyclic) bond motifs is 1. The number of ether oxygens (including phenoxy) is 1. The first-order valence-electron chi connectivity index (χ1n) is 15.5. The van der Waals surface area contributed by atoms with Crippen molar-refractivity contribution in [1.29, 1.82) is 5.26 Å². The smallest absolute Gasteiger partial charge is 0.272 e. The molecule has 0 spiro atoms. The molecular formula is C33H43F2N7O3S. The summed E-state index contributed by atoms with van der Waals surface area (Å²) in [7, 11) is 0. The van der Waals surface area contributed by atoms with Crippen LogP contribution in [0.3, 0.4) is 0 Å². The molecule has 0 aromatic carbocycles. The Morgan fingerprint density at radius 3 is 2.63 bits per heavy atom. The molecule has 4 heterocycles. The summed E-state index contributed by atoms with van der Waals surface area (Å²) in [6.45, 7) is 15.8. The fraction of sp³-hybridized carbons (Fsp3) is 0.545. The van der Waals surface area contributed by atoms with Gasteiger partial charge in [-0.3, -0.25) is 19.5 Å². The zero-order chi connectivity index (χ0) is 33.8. The Bertz CT molecular complexity index is 1630. The predicted molar refractivity (Wildman–Crippen MR) is 175 cm³/mol. The van der Waals surface area contributed by atoms with E-state index >= 15 is 0 Å². The Hall–Kier alpha value is -3.73. The first-order valence-corrected chi connectivity index (χ1v) is 16.3. The molecule has 10 nitrogen and oxygen atoms in total. The van der Waals surface area contributed by atoms with Gasteiger partial charge in [-0.2, -0.15) is 5.26 Å². The summed E-state index contributed by atoms with van der Waals surface area (Å²) in [6.07, 6.45) is 2.04. The summed E-state index contributed by atoms with van der Waals surface area (Å²) in [5.41, 5.74) is 1.23. The molecule has 0 saturated carbocycles. The molecule has 248 valence electrons. The summed E-state index contributed by atoms with van der Waals surface area (Å²) in [5, 5.41) is 16.2. The lowest BCUT2D eigenvalue weighted by atomic mass is 9.88. The van der Waals surface area contributed by atoms with E-state index in [1.807, 2.05) is 19.1 Å². The number of carbonyl (C=O) groups excluding carboxylic acids is 2. The minimum absolute atomic E-state index is 0.00153. The number of likely N-dealkylation sites (tertiary alicyclic amines) is 1. The van der Waals surface area contributed by atoms with E-state index in [4.69, 9.17) is 14.7 Å². The van der Waals surface area contributed by atoms with Crippen LogP contribution in [0, 0.1) is 16.7 Å². The van der Waals surface area contributed by atoms with Crippen LogP contribution in [0.4, 0.5) is 14.7 Å². The third kappa shape index (κ3) is 8.34. The molecule has 4 rings (SSSR count). The minimum atomic E-state index is -2.68. The Kier molecular flexibility index (Phi) is 11.0. The monoisotopic (exact) mass is 655 g/mol. The zero-order valence-corrected chi connectivity index (χ0v) is 28.3. The Balaban J connectivity index is 1.66. The standard InChI is InChI=1S/C33H43F2N7O3S/c1-8-45-33(6,7)15-22(16-36)30(44)41-13-9-10-23(41)19-42-28-24(14-21(18-38-28)17-37-20(2)32(3,4)5)39-31(42)40-29(43)26-12-11-25(46-26)27(34)35/h11-12,14-15,18,20,23,27,37H,8-10,13,17,19H2,1-7H3,(H,39,40,43). The van der Waals surface area contributed by atoms with E-state index in [0.29, 0.717) is 37.3 Å². The van der Waals surface area contributed by atoms with Crippen molar-refractivity contribution >= 4 is 40.3 Å². The van der Waals surface area contributed by atoms with Gasteiger partial charge in [-0.25, -0.2) is 18.7 Å². The van der Waals surface area contributed by atoms with Crippen molar-refractivity contribution in [2.45, 2.75) is 98.5 Å². The fourth-order valence-corrected chi connectivity index (χ4v) is 6.07. The molecule has 2 N–H and O–H groups in total. The molecule has 2 atom stereocenters. The second kappa shape index (κ2) is 14.4. The highest BCUT2D eigenvalue weighted by molar-refractivity contribution is 7.14. The molecule has 0 aliphatic carbocycles. The van der Waals surface area contributed by atoms with Crippen molar-refractivity contribution < 1.29 is 23.1 Å². The number of halogens is 2. The van der Waals surface area contributed by atoms with Gasteiger partial charge in [-0.1, -0.05) is 20.8 Å². The number of nitrogens with zero attached hydrogens (tertiary/aromatic N) is 5. The molecule has 13 heteroatoms. The van der Waals surface area contributed by atoms with Crippen LogP contribution in [0.5, 0.6) is 0 Å². The SMILES string of the molecule is CCOC(C)(C)C=C(C#N)C(=O)N1CCCC1Cn1c(NC(=O)c2ccc(C(F)F)s2)nc2cc(CNC(C)C(C)(C)C)cnc21. The summed E-state index contributed by atoms with van der Waals surface area (Å²) in [5.74, 6) is -0.762. The Morgan fingerprint density at radius 1 is 1.26 bits per heavy atom. The number of nitriles is 1. The van der Waals surface area contributed by atoms with Crippen LogP contribution in [0.15, 0.2) is 36.0 Å². The normalized spacial score (nSPS) is 16.7. The topological polar surface area (TPSA) is 125 Å².